The number of thioether (sulfide) groups is 1. The van der Waals surface area contributed by atoms with E-state index in [0.717, 1.165) is 10.8 Å². The second-order valence-corrected chi connectivity index (χ2v) is 4.08. The van der Waals surface area contributed by atoms with Crippen molar-refractivity contribution < 1.29 is 0 Å². The van der Waals surface area contributed by atoms with E-state index in [1.54, 1.807) is 18.0 Å². The molecule has 0 spiro atoms. The van der Waals surface area contributed by atoms with Crippen LogP contribution in [0.1, 0.15) is 6.92 Å². The highest BCUT2D eigenvalue weighted by atomic mass is 35.5. The minimum absolute atomic E-state index is 0.201. The molecule has 2 N–H and O–H groups in total. The monoisotopic (exact) mass is 202 g/mol. The maximum absolute atomic E-state index is 5.68. The van der Waals surface area contributed by atoms with E-state index >= 15 is 0 Å². The summed E-state index contributed by atoms with van der Waals surface area (Å²) in [6.45, 7) is 1.98. The Morgan fingerprint density at radius 1 is 1.67 bits per heavy atom. The molecule has 66 valence electrons. The molecule has 12 heavy (non-hydrogen) atoms. The minimum atomic E-state index is 0.201. The van der Waals surface area contributed by atoms with E-state index in [2.05, 4.69) is 4.98 Å². The maximum Gasteiger partial charge on any atom is 0.0961 e. The number of rotatable bonds is 3. The molecule has 0 aliphatic rings. The molecule has 0 saturated heterocycles. The molecule has 0 aliphatic heterocycles. The van der Waals surface area contributed by atoms with E-state index in [1.807, 2.05) is 19.1 Å². The number of nitrogens with zero attached hydrogens (tertiary/aromatic N) is 1. The lowest BCUT2D eigenvalue weighted by molar-refractivity contribution is 0.846. The molecule has 4 heteroatoms. The third kappa shape index (κ3) is 3.43. The van der Waals surface area contributed by atoms with Gasteiger partial charge in [0, 0.05) is 18.0 Å². The summed E-state index contributed by atoms with van der Waals surface area (Å²) in [6, 6.07) is 3.93. The van der Waals surface area contributed by atoms with Gasteiger partial charge in [0.05, 0.1) is 10.0 Å². The van der Waals surface area contributed by atoms with E-state index in [4.69, 9.17) is 17.3 Å². The lowest BCUT2D eigenvalue weighted by atomic mass is 10.4. The second-order valence-electron chi connectivity index (χ2n) is 2.60. The summed E-state index contributed by atoms with van der Waals surface area (Å²) in [5.41, 5.74) is 5.60. The summed E-state index contributed by atoms with van der Waals surface area (Å²) in [7, 11) is 0. The average molecular weight is 203 g/mol. The zero-order valence-electron chi connectivity index (χ0n) is 6.83. The first-order valence-corrected chi connectivity index (χ1v) is 5.05. The van der Waals surface area contributed by atoms with Gasteiger partial charge in [0.1, 0.15) is 0 Å². The van der Waals surface area contributed by atoms with E-state index in [9.17, 15) is 0 Å². The first-order chi connectivity index (χ1) is 5.68. The molecule has 1 atom stereocenters. The molecule has 1 aromatic rings. The predicted octanol–water partition coefficient (Wildman–Crippen LogP) is 2.17. The van der Waals surface area contributed by atoms with Crippen LogP contribution in [0.25, 0.3) is 0 Å². The van der Waals surface area contributed by atoms with Gasteiger partial charge in [-0.15, -0.1) is 11.8 Å². The molecular formula is C8H11ClN2S. The van der Waals surface area contributed by atoms with Crippen LogP contribution < -0.4 is 5.73 Å². The average Bonchev–Trinajstić information content (AvgIpc) is 2.03. The number of hydrogen-bond donors (Lipinski definition) is 1. The molecular weight excluding hydrogens is 192 g/mol. The van der Waals surface area contributed by atoms with Gasteiger partial charge in [0.15, 0.2) is 0 Å². The zero-order chi connectivity index (χ0) is 8.97. The number of pyridine rings is 1. The highest BCUT2D eigenvalue weighted by molar-refractivity contribution is 7.99. The van der Waals surface area contributed by atoms with Crippen LogP contribution in [0.4, 0.5) is 0 Å². The first-order valence-electron chi connectivity index (χ1n) is 3.68. The van der Waals surface area contributed by atoms with Gasteiger partial charge in [-0.1, -0.05) is 11.6 Å². The van der Waals surface area contributed by atoms with Crippen LogP contribution in [-0.4, -0.2) is 16.8 Å². The van der Waals surface area contributed by atoms with Crippen molar-refractivity contribution in [2.45, 2.75) is 18.0 Å². The molecule has 1 rings (SSSR count). The normalized spacial score (nSPS) is 12.9. The lowest BCUT2D eigenvalue weighted by Gasteiger charge is -2.03. The Balaban J connectivity index is 2.48. The van der Waals surface area contributed by atoms with Crippen LogP contribution in [0.3, 0.4) is 0 Å². The van der Waals surface area contributed by atoms with Gasteiger partial charge in [-0.05, 0) is 19.1 Å². The van der Waals surface area contributed by atoms with Crippen molar-refractivity contribution in [2.24, 2.45) is 5.73 Å². The van der Waals surface area contributed by atoms with Crippen LogP contribution in [0.2, 0.25) is 5.02 Å². The van der Waals surface area contributed by atoms with Crippen molar-refractivity contribution in [3.63, 3.8) is 0 Å². The van der Waals surface area contributed by atoms with Crippen molar-refractivity contribution in [3.05, 3.63) is 23.4 Å². The molecule has 0 amide bonds. The van der Waals surface area contributed by atoms with Gasteiger partial charge in [-0.25, -0.2) is 4.98 Å². The standard InChI is InChI=1S/C8H11ClN2S/c1-6(10)5-12-8-3-2-7(9)4-11-8/h2-4,6H,5,10H2,1H3. The summed E-state index contributed by atoms with van der Waals surface area (Å²) >= 11 is 7.32. The summed E-state index contributed by atoms with van der Waals surface area (Å²) in [4.78, 5) is 4.13. The van der Waals surface area contributed by atoms with Crippen LogP contribution in [-0.2, 0) is 0 Å². The minimum Gasteiger partial charge on any atom is -0.327 e. The molecule has 0 aliphatic carbocycles. The van der Waals surface area contributed by atoms with Gasteiger partial charge in [0.25, 0.3) is 0 Å². The van der Waals surface area contributed by atoms with E-state index in [1.165, 1.54) is 0 Å². The molecule has 1 unspecified atom stereocenters. The summed E-state index contributed by atoms with van der Waals surface area (Å²) in [6.07, 6.45) is 1.64. The Morgan fingerprint density at radius 3 is 2.92 bits per heavy atom. The zero-order valence-corrected chi connectivity index (χ0v) is 8.40. The maximum atomic E-state index is 5.68. The van der Waals surface area contributed by atoms with Gasteiger partial charge in [0.2, 0.25) is 0 Å². The highest BCUT2D eigenvalue weighted by Gasteiger charge is 1.97. The van der Waals surface area contributed by atoms with Crippen LogP contribution in [0.15, 0.2) is 23.4 Å². The van der Waals surface area contributed by atoms with E-state index in [0.29, 0.717) is 5.02 Å². The number of halogens is 1. The fraction of sp³-hybridized carbons (Fsp3) is 0.375. The number of nitrogens with two attached hydrogens (primary N) is 1. The number of hydrogen-bond acceptors (Lipinski definition) is 3. The summed E-state index contributed by atoms with van der Waals surface area (Å²) in [5.74, 6) is 0.884. The van der Waals surface area contributed by atoms with Gasteiger partial charge in [-0.3, -0.25) is 0 Å². The molecule has 0 aromatic carbocycles. The molecule has 0 fully saturated rings. The second kappa shape index (κ2) is 4.70. The Bertz CT molecular complexity index is 235. The predicted molar refractivity (Wildman–Crippen MR) is 53.6 cm³/mol. The van der Waals surface area contributed by atoms with E-state index in [-0.39, 0.29) is 6.04 Å². The molecule has 0 bridgehead atoms. The third-order valence-electron chi connectivity index (χ3n) is 1.19. The smallest absolute Gasteiger partial charge is 0.0961 e. The van der Waals surface area contributed by atoms with Crippen molar-refractivity contribution in [1.29, 1.82) is 0 Å². The van der Waals surface area contributed by atoms with Crippen molar-refractivity contribution in [3.8, 4) is 0 Å². The Labute approximate surface area is 81.5 Å². The van der Waals surface area contributed by atoms with Crippen molar-refractivity contribution >= 4 is 23.4 Å². The first kappa shape index (κ1) is 9.84. The van der Waals surface area contributed by atoms with Crippen LogP contribution in [0, 0.1) is 0 Å². The van der Waals surface area contributed by atoms with Crippen LogP contribution >= 0.6 is 23.4 Å². The topological polar surface area (TPSA) is 38.9 Å². The van der Waals surface area contributed by atoms with Crippen molar-refractivity contribution in [1.82, 2.24) is 4.98 Å². The Hall–Kier alpha value is -0.250. The van der Waals surface area contributed by atoms with Gasteiger partial charge < -0.3 is 5.73 Å². The largest absolute Gasteiger partial charge is 0.327 e. The molecule has 0 saturated carbocycles. The fourth-order valence-corrected chi connectivity index (χ4v) is 1.50. The summed E-state index contributed by atoms with van der Waals surface area (Å²) in [5, 5.41) is 1.64. The molecule has 1 heterocycles. The molecule has 1 aromatic heterocycles. The summed E-state index contributed by atoms with van der Waals surface area (Å²) < 4.78 is 0. The highest BCUT2D eigenvalue weighted by Crippen LogP contribution is 2.17. The van der Waals surface area contributed by atoms with Crippen LogP contribution in [0.5, 0.6) is 0 Å². The SMILES string of the molecule is CC(N)CSc1ccc(Cl)cn1. The van der Waals surface area contributed by atoms with Gasteiger partial charge >= 0.3 is 0 Å². The quantitative estimate of drug-likeness (QED) is 0.764. The fourth-order valence-electron chi connectivity index (χ4n) is 0.664. The molecule has 0 radical (unpaired) electrons. The number of aromatic nitrogens is 1. The molecule has 2 nitrogen and oxygen atoms in total. The van der Waals surface area contributed by atoms with Gasteiger partial charge in [-0.2, -0.15) is 0 Å². The Morgan fingerprint density at radius 2 is 2.42 bits per heavy atom. The van der Waals surface area contributed by atoms with Crippen molar-refractivity contribution in [2.75, 3.05) is 5.75 Å². The third-order valence-corrected chi connectivity index (χ3v) is 2.65. The lowest BCUT2D eigenvalue weighted by Crippen LogP contribution is -2.17. The Kier molecular flexibility index (Phi) is 3.85. The van der Waals surface area contributed by atoms with E-state index < -0.39 is 0 Å².